The number of rotatable bonds is 6. The minimum Gasteiger partial charge on any atom is -0.355 e. The average molecular weight is 384 g/mol. The quantitative estimate of drug-likeness (QED) is 0.381. The number of nitrogens with one attached hydrogen (secondary N) is 2. The van der Waals surface area contributed by atoms with E-state index in [9.17, 15) is 14.4 Å². The maximum Gasteiger partial charge on any atom is 0.261 e. The molecule has 2 N–H and O–H groups in total. The molecule has 0 unspecified atom stereocenters. The van der Waals surface area contributed by atoms with Gasteiger partial charge in [-0.2, -0.15) is 0 Å². The summed E-state index contributed by atoms with van der Waals surface area (Å²) in [5.74, 6) is -0.461. The van der Waals surface area contributed by atoms with Crippen molar-refractivity contribution < 1.29 is 9.59 Å². The van der Waals surface area contributed by atoms with Gasteiger partial charge in [-0.05, 0) is 29.8 Å². The second kappa shape index (κ2) is 8.22. The van der Waals surface area contributed by atoms with Crippen molar-refractivity contribution in [3.8, 4) is 0 Å². The van der Waals surface area contributed by atoms with Crippen LogP contribution < -0.4 is 16.2 Å². The number of carbonyl (C=O) groups excluding carboxylic acids is 2. The van der Waals surface area contributed by atoms with Crippen molar-refractivity contribution in [3.63, 3.8) is 0 Å². The molecular formula is C19H20N4O3S. The molecule has 3 aromatic rings. The Kier molecular flexibility index (Phi) is 5.75. The number of benzene rings is 2. The monoisotopic (exact) mass is 384 g/mol. The predicted octanol–water partition coefficient (Wildman–Crippen LogP) is 1.43. The summed E-state index contributed by atoms with van der Waals surface area (Å²) in [5.41, 5.74) is 0.443. The number of fused-ring (bicyclic) bond motifs is 2. The van der Waals surface area contributed by atoms with E-state index in [1.165, 1.54) is 4.57 Å². The molecule has 27 heavy (non-hydrogen) atoms. The molecule has 0 radical (unpaired) electrons. The van der Waals surface area contributed by atoms with E-state index in [0.717, 1.165) is 22.5 Å². The number of aromatic nitrogens is 2. The summed E-state index contributed by atoms with van der Waals surface area (Å²) < 4.78 is 1.44. The SMILES string of the molecule is CCNC(=O)CNC(=O)CSc1nc2cc3ccccc3cc2c(=O)n1C. The molecule has 7 nitrogen and oxygen atoms in total. The fourth-order valence-corrected chi connectivity index (χ4v) is 3.49. The molecule has 2 aromatic carbocycles. The van der Waals surface area contributed by atoms with Gasteiger partial charge in [-0.25, -0.2) is 4.98 Å². The molecule has 8 heteroatoms. The van der Waals surface area contributed by atoms with Gasteiger partial charge in [0.25, 0.3) is 5.56 Å². The molecular weight excluding hydrogens is 364 g/mol. The first-order valence-corrected chi connectivity index (χ1v) is 9.54. The average Bonchev–Trinajstić information content (AvgIpc) is 2.67. The lowest BCUT2D eigenvalue weighted by atomic mass is 10.1. The maximum absolute atomic E-state index is 12.7. The van der Waals surface area contributed by atoms with Crippen LogP contribution in [0.3, 0.4) is 0 Å². The minimum atomic E-state index is -0.292. The van der Waals surface area contributed by atoms with E-state index in [4.69, 9.17) is 0 Å². The summed E-state index contributed by atoms with van der Waals surface area (Å²) in [5, 5.41) is 8.13. The van der Waals surface area contributed by atoms with Gasteiger partial charge in [-0.15, -0.1) is 0 Å². The summed E-state index contributed by atoms with van der Waals surface area (Å²) in [7, 11) is 1.64. The third kappa shape index (κ3) is 4.28. The van der Waals surface area contributed by atoms with Crippen molar-refractivity contribution in [2.24, 2.45) is 7.05 Å². The van der Waals surface area contributed by atoms with Crippen LogP contribution in [0.25, 0.3) is 21.7 Å². The summed E-state index contributed by atoms with van der Waals surface area (Å²) >= 11 is 1.16. The van der Waals surface area contributed by atoms with Crippen LogP contribution in [0.2, 0.25) is 0 Å². The summed E-state index contributed by atoms with van der Waals surface area (Å²) in [6.45, 7) is 2.26. The van der Waals surface area contributed by atoms with Crippen LogP contribution >= 0.6 is 11.8 Å². The first-order valence-electron chi connectivity index (χ1n) is 8.55. The predicted molar refractivity (Wildman–Crippen MR) is 107 cm³/mol. The molecule has 0 saturated carbocycles. The van der Waals surface area contributed by atoms with E-state index < -0.39 is 0 Å². The molecule has 140 valence electrons. The Balaban J connectivity index is 1.79. The number of hydrogen-bond acceptors (Lipinski definition) is 5. The third-order valence-electron chi connectivity index (χ3n) is 4.05. The van der Waals surface area contributed by atoms with Crippen molar-refractivity contribution in [1.82, 2.24) is 20.2 Å². The highest BCUT2D eigenvalue weighted by Gasteiger charge is 2.12. The Bertz CT molecular complexity index is 1080. The van der Waals surface area contributed by atoms with Crippen LogP contribution in [0.5, 0.6) is 0 Å². The molecule has 0 saturated heterocycles. The van der Waals surface area contributed by atoms with E-state index in [1.807, 2.05) is 43.3 Å². The topological polar surface area (TPSA) is 93.1 Å². The second-order valence-electron chi connectivity index (χ2n) is 5.99. The minimum absolute atomic E-state index is 0.0662. The van der Waals surface area contributed by atoms with Gasteiger partial charge >= 0.3 is 0 Å². The zero-order chi connectivity index (χ0) is 19.4. The second-order valence-corrected chi connectivity index (χ2v) is 6.94. The molecule has 2 amide bonds. The Morgan fingerprint density at radius 2 is 1.81 bits per heavy atom. The van der Waals surface area contributed by atoms with Crippen LogP contribution in [0, 0.1) is 0 Å². The number of carbonyl (C=O) groups is 2. The highest BCUT2D eigenvalue weighted by atomic mass is 32.2. The zero-order valence-corrected chi connectivity index (χ0v) is 15.9. The number of likely N-dealkylation sites (N-methyl/N-ethyl adjacent to an activating group) is 1. The smallest absolute Gasteiger partial charge is 0.261 e. The van der Waals surface area contributed by atoms with E-state index in [0.29, 0.717) is 22.6 Å². The molecule has 0 bridgehead atoms. The van der Waals surface area contributed by atoms with Gasteiger partial charge < -0.3 is 10.6 Å². The fourth-order valence-electron chi connectivity index (χ4n) is 2.69. The summed E-state index contributed by atoms with van der Waals surface area (Å²) in [4.78, 5) is 40.5. The van der Waals surface area contributed by atoms with Crippen molar-refractivity contribution in [1.29, 1.82) is 0 Å². The summed E-state index contributed by atoms with van der Waals surface area (Å²) in [6, 6.07) is 11.5. The Morgan fingerprint density at radius 3 is 2.52 bits per heavy atom. The van der Waals surface area contributed by atoms with Crippen LogP contribution in [0.1, 0.15) is 6.92 Å². The van der Waals surface area contributed by atoms with Gasteiger partial charge in [0, 0.05) is 13.6 Å². The fraction of sp³-hybridized carbons (Fsp3) is 0.263. The molecule has 0 fully saturated rings. The lowest BCUT2D eigenvalue weighted by Crippen LogP contribution is -2.37. The van der Waals surface area contributed by atoms with Gasteiger partial charge in [0.2, 0.25) is 11.8 Å². The molecule has 0 aliphatic carbocycles. The molecule has 0 aliphatic heterocycles. The zero-order valence-electron chi connectivity index (χ0n) is 15.1. The molecule has 1 aromatic heterocycles. The molecule has 0 aliphatic rings. The van der Waals surface area contributed by atoms with Crippen LogP contribution in [0.15, 0.2) is 46.3 Å². The van der Waals surface area contributed by atoms with E-state index >= 15 is 0 Å². The largest absolute Gasteiger partial charge is 0.355 e. The number of hydrogen-bond donors (Lipinski definition) is 2. The van der Waals surface area contributed by atoms with Crippen LogP contribution in [0.4, 0.5) is 0 Å². The van der Waals surface area contributed by atoms with Crippen molar-refractivity contribution in [3.05, 3.63) is 46.8 Å². The first-order chi connectivity index (χ1) is 13.0. The van der Waals surface area contributed by atoms with E-state index in [1.54, 1.807) is 7.05 Å². The van der Waals surface area contributed by atoms with E-state index in [2.05, 4.69) is 15.6 Å². The Morgan fingerprint density at radius 1 is 1.11 bits per heavy atom. The van der Waals surface area contributed by atoms with Crippen molar-refractivity contribution >= 4 is 45.3 Å². The highest BCUT2D eigenvalue weighted by molar-refractivity contribution is 7.99. The van der Waals surface area contributed by atoms with Crippen molar-refractivity contribution in [2.75, 3.05) is 18.8 Å². The Labute approximate surface area is 160 Å². The molecule has 0 spiro atoms. The first kappa shape index (κ1) is 18.9. The van der Waals surface area contributed by atoms with Gasteiger partial charge in [0.1, 0.15) is 0 Å². The normalized spacial score (nSPS) is 10.9. The maximum atomic E-state index is 12.7. The number of amides is 2. The standard InChI is InChI=1S/C19H20N4O3S/c1-3-20-16(24)10-21-17(25)11-27-19-22-15-9-13-7-5-4-6-12(13)8-14(15)18(26)23(19)2/h4-9H,3,10-11H2,1-2H3,(H,20,24)(H,21,25). The third-order valence-corrected chi connectivity index (χ3v) is 5.08. The Hall–Kier alpha value is -2.87. The molecule has 0 atom stereocenters. The van der Waals surface area contributed by atoms with Gasteiger partial charge in [0.15, 0.2) is 5.16 Å². The lowest BCUT2D eigenvalue weighted by Gasteiger charge is -2.10. The molecule has 3 rings (SSSR count). The lowest BCUT2D eigenvalue weighted by molar-refractivity contribution is -0.124. The number of nitrogens with zero attached hydrogens (tertiary/aromatic N) is 2. The van der Waals surface area contributed by atoms with E-state index in [-0.39, 0.29) is 29.7 Å². The van der Waals surface area contributed by atoms with Crippen LogP contribution in [-0.2, 0) is 16.6 Å². The van der Waals surface area contributed by atoms with Crippen LogP contribution in [-0.4, -0.2) is 40.2 Å². The van der Waals surface area contributed by atoms with Gasteiger partial charge in [0.05, 0.1) is 23.2 Å². The number of thioether (sulfide) groups is 1. The molecule has 1 heterocycles. The highest BCUT2D eigenvalue weighted by Crippen LogP contribution is 2.22. The van der Waals surface area contributed by atoms with Gasteiger partial charge in [-0.3, -0.25) is 19.0 Å². The van der Waals surface area contributed by atoms with Crippen molar-refractivity contribution in [2.45, 2.75) is 12.1 Å². The summed E-state index contributed by atoms with van der Waals surface area (Å²) in [6.07, 6.45) is 0. The van der Waals surface area contributed by atoms with Gasteiger partial charge in [-0.1, -0.05) is 36.0 Å².